The number of ether oxygens (including phenoxy) is 1. The zero-order valence-electron chi connectivity index (χ0n) is 11.0. The molecule has 1 aromatic carbocycles. The van der Waals surface area contributed by atoms with Gasteiger partial charge in [0.2, 0.25) is 0 Å². The van der Waals surface area contributed by atoms with Gasteiger partial charge in [-0.2, -0.15) is 0 Å². The van der Waals surface area contributed by atoms with Crippen molar-refractivity contribution < 1.29 is 19.4 Å². The molecule has 102 valence electrons. The minimum Gasteiger partial charge on any atom is -0.481 e. The molecule has 1 atom stereocenters. The van der Waals surface area contributed by atoms with Gasteiger partial charge in [0.05, 0.1) is 5.92 Å². The Hall–Kier alpha value is -2.04. The largest absolute Gasteiger partial charge is 0.481 e. The van der Waals surface area contributed by atoms with Crippen LogP contribution in [0.3, 0.4) is 0 Å². The molecule has 0 saturated carbocycles. The lowest BCUT2D eigenvalue weighted by molar-refractivity contribution is -0.155. The predicted octanol–water partition coefficient (Wildman–Crippen LogP) is 1.31. The molecule has 1 amide bonds. The van der Waals surface area contributed by atoms with E-state index >= 15 is 0 Å². The Kier molecular flexibility index (Phi) is 3.74. The van der Waals surface area contributed by atoms with E-state index in [1.54, 1.807) is 13.0 Å². The first-order valence-electron chi connectivity index (χ1n) is 6.22. The molecule has 0 radical (unpaired) electrons. The second-order valence-corrected chi connectivity index (χ2v) is 4.85. The molecule has 1 aliphatic heterocycles. The number of carbonyl (C=O) groups is 2. The SMILES string of the molecule is Cc1cccc(OC(C)C(=O)N2CC(C(=O)O)C2)c1. The number of aliphatic carboxylic acids is 1. The lowest BCUT2D eigenvalue weighted by Gasteiger charge is -2.38. The number of carbonyl (C=O) groups excluding carboxylic acids is 1. The smallest absolute Gasteiger partial charge is 0.310 e. The fourth-order valence-electron chi connectivity index (χ4n) is 2.02. The van der Waals surface area contributed by atoms with Crippen LogP contribution in [0.5, 0.6) is 5.75 Å². The molecule has 19 heavy (non-hydrogen) atoms. The van der Waals surface area contributed by atoms with Crippen LogP contribution in [0.25, 0.3) is 0 Å². The number of rotatable bonds is 4. The van der Waals surface area contributed by atoms with Crippen molar-refractivity contribution in [1.82, 2.24) is 4.90 Å². The summed E-state index contributed by atoms with van der Waals surface area (Å²) in [6.07, 6.45) is -0.600. The number of likely N-dealkylation sites (tertiary alicyclic amines) is 1. The maximum absolute atomic E-state index is 12.0. The van der Waals surface area contributed by atoms with E-state index in [0.29, 0.717) is 5.75 Å². The summed E-state index contributed by atoms with van der Waals surface area (Å²) in [5.41, 5.74) is 1.06. The number of benzene rings is 1. The Morgan fingerprint density at radius 1 is 1.42 bits per heavy atom. The summed E-state index contributed by atoms with van der Waals surface area (Å²) in [6, 6.07) is 7.48. The predicted molar refractivity (Wildman–Crippen MR) is 69.0 cm³/mol. The van der Waals surface area contributed by atoms with Gasteiger partial charge in [-0.1, -0.05) is 12.1 Å². The first-order chi connectivity index (χ1) is 8.97. The summed E-state index contributed by atoms with van der Waals surface area (Å²) < 4.78 is 5.57. The molecule has 0 spiro atoms. The highest BCUT2D eigenvalue weighted by Gasteiger charge is 2.37. The third-order valence-electron chi connectivity index (χ3n) is 3.19. The van der Waals surface area contributed by atoms with Gasteiger partial charge in [-0.25, -0.2) is 0 Å². The van der Waals surface area contributed by atoms with Crippen LogP contribution < -0.4 is 4.74 Å². The summed E-state index contributed by atoms with van der Waals surface area (Å²) in [6.45, 7) is 4.18. The van der Waals surface area contributed by atoms with Crippen LogP contribution in [0.15, 0.2) is 24.3 Å². The van der Waals surface area contributed by atoms with E-state index in [2.05, 4.69) is 0 Å². The van der Waals surface area contributed by atoms with Gasteiger partial charge in [-0.15, -0.1) is 0 Å². The second-order valence-electron chi connectivity index (χ2n) is 4.85. The van der Waals surface area contributed by atoms with Crippen LogP contribution >= 0.6 is 0 Å². The van der Waals surface area contributed by atoms with E-state index in [0.717, 1.165) is 5.56 Å². The molecule has 0 bridgehead atoms. The zero-order valence-corrected chi connectivity index (χ0v) is 11.0. The highest BCUT2D eigenvalue weighted by atomic mass is 16.5. The van der Waals surface area contributed by atoms with Crippen molar-refractivity contribution in [3.8, 4) is 5.75 Å². The molecule has 2 rings (SSSR count). The first kappa shape index (κ1) is 13.4. The molecule has 1 aromatic rings. The lowest BCUT2D eigenvalue weighted by Crippen LogP contribution is -2.56. The van der Waals surface area contributed by atoms with Crippen LogP contribution in [0.1, 0.15) is 12.5 Å². The van der Waals surface area contributed by atoms with Crippen molar-refractivity contribution in [2.45, 2.75) is 20.0 Å². The molecule has 0 aromatic heterocycles. The Morgan fingerprint density at radius 2 is 2.11 bits per heavy atom. The molecule has 1 aliphatic rings. The minimum absolute atomic E-state index is 0.168. The van der Waals surface area contributed by atoms with Crippen LogP contribution in [-0.2, 0) is 9.59 Å². The van der Waals surface area contributed by atoms with Gasteiger partial charge >= 0.3 is 5.97 Å². The minimum atomic E-state index is -0.851. The number of amides is 1. The fourth-order valence-corrected chi connectivity index (χ4v) is 2.02. The highest BCUT2D eigenvalue weighted by Crippen LogP contribution is 2.19. The summed E-state index contributed by atoms with van der Waals surface area (Å²) in [7, 11) is 0. The molecular weight excluding hydrogens is 246 g/mol. The van der Waals surface area contributed by atoms with Crippen molar-refractivity contribution in [1.29, 1.82) is 0 Å². The van der Waals surface area contributed by atoms with Crippen LogP contribution in [0.4, 0.5) is 0 Å². The number of hydrogen-bond donors (Lipinski definition) is 1. The van der Waals surface area contributed by atoms with E-state index in [9.17, 15) is 9.59 Å². The van der Waals surface area contributed by atoms with Crippen molar-refractivity contribution in [2.24, 2.45) is 5.92 Å². The van der Waals surface area contributed by atoms with Gasteiger partial charge in [0.1, 0.15) is 5.75 Å². The normalized spacial score (nSPS) is 16.6. The maximum atomic E-state index is 12.0. The van der Waals surface area contributed by atoms with Crippen molar-refractivity contribution >= 4 is 11.9 Å². The number of carboxylic acid groups (broad SMARTS) is 1. The van der Waals surface area contributed by atoms with E-state index in [1.165, 1.54) is 4.90 Å². The van der Waals surface area contributed by atoms with Gasteiger partial charge in [-0.05, 0) is 31.5 Å². The molecule has 0 aliphatic carbocycles. The maximum Gasteiger partial charge on any atom is 0.310 e. The molecule has 1 unspecified atom stereocenters. The van der Waals surface area contributed by atoms with Gasteiger partial charge in [0.25, 0.3) is 5.91 Å². The summed E-state index contributed by atoms with van der Waals surface area (Å²) in [4.78, 5) is 24.2. The first-order valence-corrected chi connectivity index (χ1v) is 6.22. The number of carboxylic acids is 1. The standard InChI is InChI=1S/C14H17NO4/c1-9-4-3-5-12(6-9)19-10(2)13(16)15-7-11(8-15)14(17)18/h3-6,10-11H,7-8H2,1-2H3,(H,17,18). The monoisotopic (exact) mass is 263 g/mol. The average molecular weight is 263 g/mol. The van der Waals surface area contributed by atoms with Gasteiger partial charge in [0, 0.05) is 13.1 Å². The van der Waals surface area contributed by atoms with E-state index in [4.69, 9.17) is 9.84 Å². The third kappa shape index (κ3) is 3.05. The number of hydrogen-bond acceptors (Lipinski definition) is 3. The molecular formula is C14H17NO4. The van der Waals surface area contributed by atoms with Crippen molar-refractivity contribution in [3.05, 3.63) is 29.8 Å². The van der Waals surface area contributed by atoms with Crippen LogP contribution in [-0.4, -0.2) is 41.1 Å². The molecule has 5 nitrogen and oxygen atoms in total. The summed E-state index contributed by atoms with van der Waals surface area (Å²) in [5, 5.41) is 8.77. The van der Waals surface area contributed by atoms with Crippen LogP contribution in [0, 0.1) is 12.8 Å². The fraction of sp³-hybridized carbons (Fsp3) is 0.429. The highest BCUT2D eigenvalue weighted by molar-refractivity contribution is 5.84. The lowest BCUT2D eigenvalue weighted by atomic mass is 10.00. The summed E-state index contributed by atoms with van der Waals surface area (Å²) >= 11 is 0. The Labute approximate surface area is 111 Å². The third-order valence-corrected chi connectivity index (χ3v) is 3.19. The molecule has 5 heteroatoms. The number of nitrogens with zero attached hydrogens (tertiary/aromatic N) is 1. The Balaban J connectivity index is 1.89. The zero-order chi connectivity index (χ0) is 14.0. The Bertz CT molecular complexity index is 494. The molecule has 1 heterocycles. The van der Waals surface area contributed by atoms with E-state index in [1.807, 2.05) is 25.1 Å². The van der Waals surface area contributed by atoms with Gasteiger partial charge < -0.3 is 14.7 Å². The van der Waals surface area contributed by atoms with E-state index < -0.39 is 18.0 Å². The van der Waals surface area contributed by atoms with E-state index in [-0.39, 0.29) is 19.0 Å². The summed E-state index contributed by atoms with van der Waals surface area (Å²) in [5.74, 6) is -0.804. The topological polar surface area (TPSA) is 66.8 Å². The van der Waals surface area contributed by atoms with Crippen molar-refractivity contribution in [2.75, 3.05) is 13.1 Å². The van der Waals surface area contributed by atoms with Gasteiger partial charge in [-0.3, -0.25) is 9.59 Å². The Morgan fingerprint density at radius 3 is 2.68 bits per heavy atom. The van der Waals surface area contributed by atoms with Crippen molar-refractivity contribution in [3.63, 3.8) is 0 Å². The molecule has 1 fully saturated rings. The molecule has 1 N–H and O–H groups in total. The van der Waals surface area contributed by atoms with Gasteiger partial charge in [0.15, 0.2) is 6.10 Å². The quantitative estimate of drug-likeness (QED) is 0.889. The number of aryl methyl sites for hydroxylation is 1. The second kappa shape index (κ2) is 5.30. The van der Waals surface area contributed by atoms with Crippen LogP contribution in [0.2, 0.25) is 0 Å². The average Bonchev–Trinajstić information content (AvgIpc) is 2.26. The molecule has 1 saturated heterocycles.